The predicted molar refractivity (Wildman–Crippen MR) is 126 cm³/mol. The molecule has 1 amide bonds. The second-order valence-electron chi connectivity index (χ2n) is 8.10. The fourth-order valence-electron chi connectivity index (χ4n) is 3.32. The zero-order valence-electron chi connectivity index (χ0n) is 18.3. The van der Waals surface area contributed by atoms with Crippen molar-refractivity contribution >= 4 is 47.9 Å². The maximum absolute atomic E-state index is 13.1. The van der Waals surface area contributed by atoms with Crippen LogP contribution < -0.4 is 5.32 Å². The van der Waals surface area contributed by atoms with Crippen molar-refractivity contribution < 1.29 is 21.6 Å². The number of carbonyl (C=O) groups is 1. The minimum Gasteiger partial charge on any atom is -0.296 e. The zero-order valence-corrected chi connectivity index (χ0v) is 20.7. The van der Waals surface area contributed by atoms with Crippen molar-refractivity contribution in [2.24, 2.45) is 5.10 Å². The number of sulfonamides is 1. The van der Waals surface area contributed by atoms with Crippen LogP contribution in [0.5, 0.6) is 0 Å². The standard InChI is InChI=1S/C20H25N5O5S3/c1-24(2)33(29,30)17-13-21-20(31-17)22-19(26)18(23-25-11-3-4-12-25)14-5-7-15(8-6-14)32(27,28)16-9-10-16/h5-8,13,16H,3-4,9-12H2,1-2H3,(H,21,22,26)/b23-18+. The van der Waals surface area contributed by atoms with Gasteiger partial charge in [0.25, 0.3) is 15.9 Å². The van der Waals surface area contributed by atoms with Gasteiger partial charge in [0.05, 0.1) is 16.3 Å². The van der Waals surface area contributed by atoms with Crippen molar-refractivity contribution in [3.05, 3.63) is 36.0 Å². The average Bonchev–Trinajstić information content (AvgIpc) is 3.32. The average molecular weight is 512 g/mol. The molecule has 1 aromatic carbocycles. The van der Waals surface area contributed by atoms with E-state index in [2.05, 4.69) is 15.4 Å². The number of sulfone groups is 1. The molecule has 1 aromatic heterocycles. The Kier molecular flexibility index (Phi) is 6.58. The second-order valence-corrected chi connectivity index (χ2v) is 13.7. The van der Waals surface area contributed by atoms with Crippen molar-refractivity contribution in [1.82, 2.24) is 14.3 Å². The number of nitrogens with one attached hydrogen (secondary N) is 1. The van der Waals surface area contributed by atoms with Crippen molar-refractivity contribution in [3.63, 3.8) is 0 Å². The molecular weight excluding hydrogens is 486 g/mol. The van der Waals surface area contributed by atoms with Gasteiger partial charge in [-0.2, -0.15) is 5.10 Å². The largest absolute Gasteiger partial charge is 0.296 e. The molecular formula is C20H25N5O5S3. The van der Waals surface area contributed by atoms with E-state index in [9.17, 15) is 21.6 Å². The first-order valence-corrected chi connectivity index (χ1v) is 14.3. The number of aromatic nitrogens is 1. The van der Waals surface area contributed by atoms with Crippen molar-refractivity contribution in [3.8, 4) is 0 Å². The van der Waals surface area contributed by atoms with Gasteiger partial charge in [0.15, 0.2) is 24.9 Å². The number of benzene rings is 1. The van der Waals surface area contributed by atoms with Gasteiger partial charge in [-0.1, -0.05) is 23.5 Å². The molecule has 0 radical (unpaired) electrons. The summed E-state index contributed by atoms with van der Waals surface area (Å²) in [6.07, 6.45) is 4.48. The lowest BCUT2D eigenvalue weighted by Gasteiger charge is -2.14. The molecule has 2 fully saturated rings. The van der Waals surface area contributed by atoms with Crippen molar-refractivity contribution in [2.45, 2.75) is 40.0 Å². The zero-order chi connectivity index (χ0) is 23.8. The summed E-state index contributed by atoms with van der Waals surface area (Å²) in [5.74, 6) is -0.553. The Morgan fingerprint density at radius 3 is 2.33 bits per heavy atom. The lowest BCUT2D eigenvalue weighted by molar-refractivity contribution is -0.110. The molecule has 2 heterocycles. The van der Waals surface area contributed by atoms with Crippen LogP contribution in [0.2, 0.25) is 0 Å². The third-order valence-electron chi connectivity index (χ3n) is 5.40. The minimum absolute atomic E-state index is 0.00969. The van der Waals surface area contributed by atoms with Gasteiger partial charge in [0.1, 0.15) is 0 Å². The topological polar surface area (TPSA) is 129 Å². The SMILES string of the molecule is CN(C)S(=O)(=O)c1cnc(NC(=O)/C(=N/N2CCCC2)c2ccc(S(=O)(=O)C3CC3)cc2)s1. The van der Waals surface area contributed by atoms with E-state index in [1.54, 1.807) is 17.1 Å². The van der Waals surface area contributed by atoms with Crippen LogP contribution in [0.15, 0.2) is 44.7 Å². The maximum Gasteiger partial charge on any atom is 0.278 e. The highest BCUT2D eigenvalue weighted by molar-refractivity contribution is 7.92. The van der Waals surface area contributed by atoms with Crippen LogP contribution >= 0.6 is 11.3 Å². The van der Waals surface area contributed by atoms with E-state index in [1.807, 2.05) is 0 Å². The fourth-order valence-corrected chi connectivity index (χ4v) is 7.18. The highest BCUT2D eigenvalue weighted by Crippen LogP contribution is 2.33. The molecule has 2 aromatic rings. The Balaban J connectivity index is 1.60. The number of thiazole rings is 1. The van der Waals surface area contributed by atoms with Gasteiger partial charge in [-0.05, 0) is 37.8 Å². The van der Waals surface area contributed by atoms with E-state index in [0.717, 1.165) is 28.5 Å². The summed E-state index contributed by atoms with van der Waals surface area (Å²) in [6, 6.07) is 6.16. The number of hydrazone groups is 1. The Morgan fingerprint density at radius 2 is 1.76 bits per heavy atom. The number of anilines is 1. The summed E-state index contributed by atoms with van der Waals surface area (Å²) in [4.78, 5) is 17.4. The van der Waals surface area contributed by atoms with Crippen LogP contribution in [-0.2, 0) is 24.7 Å². The molecule has 10 nitrogen and oxygen atoms in total. The number of amides is 1. The van der Waals surface area contributed by atoms with Crippen molar-refractivity contribution in [2.75, 3.05) is 32.5 Å². The van der Waals surface area contributed by atoms with Gasteiger partial charge < -0.3 is 0 Å². The highest BCUT2D eigenvalue weighted by atomic mass is 32.2. The first kappa shape index (κ1) is 23.8. The van der Waals surface area contributed by atoms with Crippen LogP contribution in [-0.4, -0.2) is 75.2 Å². The van der Waals surface area contributed by atoms with Gasteiger partial charge >= 0.3 is 0 Å². The summed E-state index contributed by atoms with van der Waals surface area (Å²) in [6.45, 7) is 1.43. The maximum atomic E-state index is 13.1. The van der Waals surface area contributed by atoms with E-state index in [4.69, 9.17) is 0 Å². The molecule has 13 heteroatoms. The third kappa shape index (κ3) is 5.10. The van der Waals surface area contributed by atoms with Crippen LogP contribution in [0.25, 0.3) is 0 Å². The summed E-state index contributed by atoms with van der Waals surface area (Å²) < 4.78 is 50.6. The second kappa shape index (κ2) is 9.12. The Labute approximate surface area is 197 Å². The van der Waals surface area contributed by atoms with Crippen LogP contribution in [0.4, 0.5) is 5.13 Å². The molecule has 0 bridgehead atoms. The number of hydrogen-bond acceptors (Lipinski definition) is 9. The lowest BCUT2D eigenvalue weighted by Crippen LogP contribution is -2.27. The molecule has 0 atom stereocenters. The summed E-state index contributed by atoms with van der Waals surface area (Å²) in [5.41, 5.74) is 0.575. The molecule has 1 aliphatic carbocycles. The lowest BCUT2D eigenvalue weighted by atomic mass is 10.1. The highest BCUT2D eigenvalue weighted by Gasteiger charge is 2.36. The number of rotatable bonds is 8. The van der Waals surface area contributed by atoms with E-state index >= 15 is 0 Å². The fraction of sp³-hybridized carbons (Fsp3) is 0.450. The number of nitrogens with zero attached hydrogens (tertiary/aromatic N) is 4. The molecule has 4 rings (SSSR count). The van der Waals surface area contributed by atoms with E-state index in [1.165, 1.54) is 32.4 Å². The van der Waals surface area contributed by atoms with Crippen molar-refractivity contribution in [1.29, 1.82) is 0 Å². The quantitative estimate of drug-likeness (QED) is 0.535. The molecule has 0 spiro atoms. The first-order valence-electron chi connectivity index (χ1n) is 10.5. The molecule has 178 valence electrons. The minimum atomic E-state index is -3.66. The van der Waals surface area contributed by atoms with Gasteiger partial charge in [-0.15, -0.1) is 0 Å². The molecule has 1 saturated carbocycles. The molecule has 1 saturated heterocycles. The van der Waals surface area contributed by atoms with Gasteiger partial charge in [-0.3, -0.25) is 15.1 Å². The summed E-state index contributed by atoms with van der Waals surface area (Å²) in [5, 5.41) is 8.74. The molecule has 2 aliphatic rings. The third-order valence-corrected chi connectivity index (χ3v) is 10.8. The Hall–Kier alpha value is -2.35. The van der Waals surface area contributed by atoms with Crippen LogP contribution in [0, 0.1) is 0 Å². The number of carbonyl (C=O) groups excluding carboxylic acids is 1. The van der Waals surface area contributed by atoms with E-state index in [0.29, 0.717) is 31.5 Å². The first-order chi connectivity index (χ1) is 15.6. The van der Waals surface area contributed by atoms with Gasteiger partial charge in [-0.25, -0.2) is 26.1 Å². The normalized spacial score (nSPS) is 17.5. The summed E-state index contributed by atoms with van der Waals surface area (Å²) in [7, 11) is -4.16. The van der Waals surface area contributed by atoms with Gasteiger partial charge in [0, 0.05) is 32.7 Å². The van der Waals surface area contributed by atoms with Crippen LogP contribution in [0.3, 0.4) is 0 Å². The monoisotopic (exact) mass is 511 g/mol. The molecule has 1 N–H and O–H groups in total. The van der Waals surface area contributed by atoms with E-state index in [-0.39, 0.29) is 25.2 Å². The molecule has 1 aliphatic heterocycles. The molecule has 0 unspecified atom stereocenters. The van der Waals surface area contributed by atoms with E-state index < -0.39 is 25.8 Å². The predicted octanol–water partition coefficient (Wildman–Crippen LogP) is 1.77. The van der Waals surface area contributed by atoms with Gasteiger partial charge in [0.2, 0.25) is 0 Å². The van der Waals surface area contributed by atoms with Crippen LogP contribution in [0.1, 0.15) is 31.2 Å². The number of hydrogen-bond donors (Lipinski definition) is 1. The summed E-state index contributed by atoms with van der Waals surface area (Å²) >= 11 is 0.847. The molecule has 33 heavy (non-hydrogen) atoms. The Bertz CT molecular complexity index is 1270. The smallest absolute Gasteiger partial charge is 0.278 e. The Morgan fingerprint density at radius 1 is 1.12 bits per heavy atom.